The van der Waals surface area contributed by atoms with Crippen LogP contribution in [0.4, 0.5) is 0 Å². The number of carbonyl (C=O) groups excluding carboxylic acids is 1. The van der Waals surface area contributed by atoms with E-state index in [1.54, 1.807) is 35.2 Å². The number of rotatable bonds is 2. The molecule has 1 amide bonds. The van der Waals surface area contributed by atoms with Gasteiger partial charge in [0, 0.05) is 48.6 Å². The molecule has 5 heterocycles. The molecular formula is C20H16ClN5O. The summed E-state index contributed by atoms with van der Waals surface area (Å²) >= 11 is 6.00. The highest BCUT2D eigenvalue weighted by Crippen LogP contribution is 2.26. The van der Waals surface area contributed by atoms with Gasteiger partial charge in [0.1, 0.15) is 0 Å². The minimum atomic E-state index is -0.0623. The fourth-order valence-electron chi connectivity index (χ4n) is 3.58. The molecule has 0 spiro atoms. The Hall–Kier alpha value is -3.12. The monoisotopic (exact) mass is 377 g/mol. The average molecular weight is 378 g/mol. The number of carbonyl (C=O) groups is 1. The highest BCUT2D eigenvalue weighted by Gasteiger charge is 2.25. The topological polar surface area (TPSA) is 55.4 Å². The summed E-state index contributed by atoms with van der Waals surface area (Å²) < 4.78 is 3.91. The molecule has 5 rings (SSSR count). The van der Waals surface area contributed by atoms with E-state index in [-0.39, 0.29) is 5.91 Å². The Morgan fingerprint density at radius 1 is 1.04 bits per heavy atom. The van der Waals surface area contributed by atoms with Crippen LogP contribution in [0, 0.1) is 0 Å². The fourth-order valence-corrected chi connectivity index (χ4v) is 3.74. The third-order valence-corrected chi connectivity index (χ3v) is 5.15. The Kier molecular flexibility index (Phi) is 3.72. The van der Waals surface area contributed by atoms with Gasteiger partial charge in [-0.15, -0.1) is 0 Å². The zero-order valence-electron chi connectivity index (χ0n) is 14.4. The van der Waals surface area contributed by atoms with Gasteiger partial charge in [-0.25, -0.2) is 4.52 Å². The SMILES string of the molecule is O=C(c1cc2ccc(Cl)cn2n1)N1CCn2c(ccc2-c2ccncc2)C1. The summed E-state index contributed by atoms with van der Waals surface area (Å²) in [5.41, 5.74) is 4.69. The summed E-state index contributed by atoms with van der Waals surface area (Å²) in [6.45, 7) is 1.97. The van der Waals surface area contributed by atoms with Crippen molar-refractivity contribution in [2.75, 3.05) is 6.54 Å². The number of aromatic nitrogens is 4. The minimum Gasteiger partial charge on any atom is -0.341 e. The minimum absolute atomic E-state index is 0.0623. The molecule has 1 aliphatic heterocycles. The Labute approximate surface area is 160 Å². The van der Waals surface area contributed by atoms with E-state index in [2.05, 4.69) is 26.8 Å². The molecule has 7 heteroatoms. The van der Waals surface area contributed by atoms with E-state index >= 15 is 0 Å². The molecule has 0 atom stereocenters. The predicted octanol–water partition coefficient (Wildman–Crippen LogP) is 3.51. The molecule has 0 N–H and O–H groups in total. The Bertz CT molecular complexity index is 1150. The standard InChI is InChI=1S/C20H16ClN5O/c21-15-1-2-16-11-18(23-26(16)12-15)20(27)24-9-10-25-17(13-24)3-4-19(25)14-5-7-22-8-6-14/h1-8,11-12H,9-10,13H2. The van der Waals surface area contributed by atoms with Crippen molar-refractivity contribution < 1.29 is 4.79 Å². The molecule has 4 aromatic heterocycles. The lowest BCUT2D eigenvalue weighted by Gasteiger charge is -2.29. The largest absolute Gasteiger partial charge is 0.341 e. The maximum Gasteiger partial charge on any atom is 0.274 e. The summed E-state index contributed by atoms with van der Waals surface area (Å²) in [5.74, 6) is -0.0623. The van der Waals surface area contributed by atoms with Crippen molar-refractivity contribution in [2.24, 2.45) is 0 Å². The van der Waals surface area contributed by atoms with Gasteiger partial charge in [-0.3, -0.25) is 9.78 Å². The molecule has 0 aliphatic carbocycles. The third-order valence-electron chi connectivity index (χ3n) is 4.92. The molecule has 1 aliphatic rings. The molecule has 0 fully saturated rings. The quantitative estimate of drug-likeness (QED) is 0.537. The molecule has 0 saturated heterocycles. The van der Waals surface area contributed by atoms with Crippen molar-refractivity contribution in [2.45, 2.75) is 13.1 Å². The Balaban J connectivity index is 1.42. The molecule has 0 saturated carbocycles. The van der Waals surface area contributed by atoms with Crippen molar-refractivity contribution in [3.63, 3.8) is 0 Å². The summed E-state index contributed by atoms with van der Waals surface area (Å²) in [7, 11) is 0. The first-order valence-corrected chi connectivity index (χ1v) is 9.10. The van der Waals surface area contributed by atoms with Crippen molar-refractivity contribution in [1.82, 2.24) is 24.1 Å². The lowest BCUT2D eigenvalue weighted by Crippen LogP contribution is -2.38. The van der Waals surface area contributed by atoms with Gasteiger partial charge < -0.3 is 9.47 Å². The number of hydrogen-bond donors (Lipinski definition) is 0. The van der Waals surface area contributed by atoms with Crippen LogP contribution in [-0.2, 0) is 13.1 Å². The first kappa shape index (κ1) is 16.1. The molecule has 4 aromatic rings. The van der Waals surface area contributed by atoms with E-state index in [9.17, 15) is 4.79 Å². The average Bonchev–Trinajstić information content (AvgIpc) is 3.31. The van der Waals surface area contributed by atoms with Crippen LogP contribution in [0.25, 0.3) is 16.8 Å². The third kappa shape index (κ3) is 2.78. The van der Waals surface area contributed by atoms with Crippen molar-refractivity contribution in [3.8, 4) is 11.3 Å². The van der Waals surface area contributed by atoms with Gasteiger partial charge in [0.2, 0.25) is 0 Å². The van der Waals surface area contributed by atoms with Crippen molar-refractivity contribution >= 4 is 23.0 Å². The highest BCUT2D eigenvalue weighted by molar-refractivity contribution is 6.30. The van der Waals surface area contributed by atoms with E-state index in [0.717, 1.165) is 29.0 Å². The number of halogens is 1. The lowest BCUT2D eigenvalue weighted by molar-refractivity contribution is 0.0705. The van der Waals surface area contributed by atoms with Gasteiger partial charge in [0.05, 0.1) is 17.1 Å². The van der Waals surface area contributed by atoms with Gasteiger partial charge in [0.15, 0.2) is 5.69 Å². The first-order chi connectivity index (χ1) is 13.2. The van der Waals surface area contributed by atoms with Crippen LogP contribution < -0.4 is 0 Å². The molecule has 6 nitrogen and oxygen atoms in total. The second-order valence-electron chi connectivity index (χ2n) is 6.57. The van der Waals surface area contributed by atoms with E-state index in [4.69, 9.17) is 11.6 Å². The molecule has 27 heavy (non-hydrogen) atoms. The van der Waals surface area contributed by atoms with Gasteiger partial charge in [-0.05, 0) is 42.5 Å². The molecule has 134 valence electrons. The number of nitrogens with zero attached hydrogens (tertiary/aromatic N) is 5. The lowest BCUT2D eigenvalue weighted by atomic mass is 10.2. The van der Waals surface area contributed by atoms with Crippen LogP contribution in [0.15, 0.2) is 61.1 Å². The maximum atomic E-state index is 12.9. The molecule has 0 bridgehead atoms. The number of fused-ring (bicyclic) bond motifs is 2. The van der Waals surface area contributed by atoms with Crippen LogP contribution in [0.2, 0.25) is 5.02 Å². The first-order valence-electron chi connectivity index (χ1n) is 8.72. The Morgan fingerprint density at radius 2 is 1.89 bits per heavy atom. The van der Waals surface area contributed by atoms with Crippen molar-refractivity contribution in [1.29, 1.82) is 0 Å². The van der Waals surface area contributed by atoms with Gasteiger partial charge >= 0.3 is 0 Å². The number of pyridine rings is 2. The predicted molar refractivity (Wildman–Crippen MR) is 103 cm³/mol. The zero-order valence-corrected chi connectivity index (χ0v) is 15.2. The molecule has 0 unspecified atom stereocenters. The van der Waals surface area contributed by atoms with Crippen LogP contribution in [0.5, 0.6) is 0 Å². The fraction of sp³-hybridized carbons (Fsp3) is 0.150. The van der Waals surface area contributed by atoms with Gasteiger partial charge in [-0.1, -0.05) is 11.6 Å². The molecule has 0 aromatic carbocycles. The Morgan fingerprint density at radius 3 is 2.74 bits per heavy atom. The van der Waals surface area contributed by atoms with E-state index in [1.165, 1.54) is 0 Å². The maximum absolute atomic E-state index is 12.9. The van der Waals surface area contributed by atoms with Crippen molar-refractivity contribution in [3.05, 3.63) is 77.5 Å². The van der Waals surface area contributed by atoms with Gasteiger partial charge in [-0.2, -0.15) is 5.10 Å². The molecular weight excluding hydrogens is 362 g/mol. The summed E-state index contributed by atoms with van der Waals surface area (Å²) in [6.07, 6.45) is 5.29. The van der Waals surface area contributed by atoms with Crippen LogP contribution in [-0.4, -0.2) is 36.5 Å². The van der Waals surface area contributed by atoms with Crippen LogP contribution in [0.3, 0.4) is 0 Å². The number of amides is 1. The number of hydrogen-bond acceptors (Lipinski definition) is 3. The summed E-state index contributed by atoms with van der Waals surface area (Å²) in [6, 6.07) is 13.6. The van der Waals surface area contributed by atoms with E-state index in [0.29, 0.717) is 23.8 Å². The van der Waals surface area contributed by atoms with E-state index in [1.807, 2.05) is 23.1 Å². The summed E-state index contributed by atoms with van der Waals surface area (Å²) in [4.78, 5) is 18.9. The smallest absolute Gasteiger partial charge is 0.274 e. The van der Waals surface area contributed by atoms with Crippen LogP contribution in [0.1, 0.15) is 16.2 Å². The molecule has 0 radical (unpaired) electrons. The summed E-state index contributed by atoms with van der Waals surface area (Å²) in [5, 5.41) is 4.97. The normalized spacial score (nSPS) is 13.7. The second-order valence-corrected chi connectivity index (χ2v) is 7.01. The zero-order chi connectivity index (χ0) is 18.4. The highest BCUT2D eigenvalue weighted by atomic mass is 35.5. The van der Waals surface area contributed by atoms with Gasteiger partial charge in [0.25, 0.3) is 5.91 Å². The van der Waals surface area contributed by atoms with Crippen LogP contribution >= 0.6 is 11.6 Å². The van der Waals surface area contributed by atoms with E-state index < -0.39 is 0 Å². The second kappa shape index (κ2) is 6.25.